The van der Waals surface area contributed by atoms with Crippen LogP contribution in [0.3, 0.4) is 0 Å². The van der Waals surface area contributed by atoms with Crippen LogP contribution in [0.15, 0.2) is 66.7 Å². The van der Waals surface area contributed by atoms with Crippen LogP contribution < -0.4 is 10.1 Å². The van der Waals surface area contributed by atoms with E-state index < -0.39 is 6.09 Å². The van der Waals surface area contributed by atoms with E-state index in [9.17, 15) is 4.79 Å². The summed E-state index contributed by atoms with van der Waals surface area (Å²) in [5, 5.41) is 7.03. The molecule has 0 saturated heterocycles. The molecule has 0 spiro atoms. The zero-order valence-corrected chi connectivity index (χ0v) is 12.1. The van der Waals surface area contributed by atoms with E-state index in [1.807, 2.05) is 55.5 Å². The molecule has 5 heteroatoms. The van der Waals surface area contributed by atoms with E-state index in [0.29, 0.717) is 11.6 Å². The number of ether oxygens (including phenoxy) is 1. The van der Waals surface area contributed by atoms with Crippen molar-refractivity contribution in [1.29, 1.82) is 0 Å². The minimum atomic E-state index is -0.553. The van der Waals surface area contributed by atoms with Gasteiger partial charge >= 0.3 is 6.09 Å². The molecule has 0 unspecified atom stereocenters. The van der Waals surface area contributed by atoms with Crippen LogP contribution in [0, 0.1) is 6.92 Å². The number of rotatable bonds is 3. The highest BCUT2D eigenvalue weighted by atomic mass is 16.6. The molecule has 0 aliphatic rings. The average molecular weight is 293 g/mol. The summed E-state index contributed by atoms with van der Waals surface area (Å²) in [7, 11) is 0. The molecule has 0 fully saturated rings. The normalized spacial score (nSPS) is 10.2. The molecule has 5 nitrogen and oxygen atoms in total. The van der Waals surface area contributed by atoms with Gasteiger partial charge in [0.1, 0.15) is 0 Å². The number of benzene rings is 2. The summed E-state index contributed by atoms with van der Waals surface area (Å²) < 4.78 is 6.97. The van der Waals surface area contributed by atoms with E-state index in [1.165, 1.54) is 0 Å². The first kappa shape index (κ1) is 13.9. The Morgan fingerprint density at radius 1 is 1.05 bits per heavy atom. The molecular formula is C17H15N3O2. The van der Waals surface area contributed by atoms with Crippen molar-refractivity contribution in [2.24, 2.45) is 0 Å². The predicted octanol–water partition coefficient (Wildman–Crippen LogP) is 3.79. The van der Waals surface area contributed by atoms with Crippen molar-refractivity contribution in [3.8, 4) is 11.6 Å². The molecule has 0 saturated carbocycles. The van der Waals surface area contributed by atoms with Gasteiger partial charge in [0.15, 0.2) is 0 Å². The smallest absolute Gasteiger partial charge is 0.391 e. The number of hydrogen-bond acceptors (Lipinski definition) is 3. The van der Waals surface area contributed by atoms with E-state index in [0.717, 1.165) is 11.4 Å². The van der Waals surface area contributed by atoms with Crippen molar-refractivity contribution >= 4 is 11.8 Å². The van der Waals surface area contributed by atoms with Crippen LogP contribution in [-0.4, -0.2) is 15.9 Å². The lowest BCUT2D eigenvalue weighted by Gasteiger charge is -2.08. The van der Waals surface area contributed by atoms with Crippen molar-refractivity contribution in [1.82, 2.24) is 9.78 Å². The van der Waals surface area contributed by atoms with Crippen LogP contribution in [0.2, 0.25) is 0 Å². The van der Waals surface area contributed by atoms with Crippen molar-refractivity contribution in [2.75, 3.05) is 5.32 Å². The summed E-state index contributed by atoms with van der Waals surface area (Å²) >= 11 is 0. The molecule has 110 valence electrons. The summed E-state index contributed by atoms with van der Waals surface area (Å²) in [6, 6.07) is 20.4. The quantitative estimate of drug-likeness (QED) is 0.799. The van der Waals surface area contributed by atoms with Crippen LogP contribution in [0.4, 0.5) is 10.5 Å². The molecule has 3 aromatic rings. The fourth-order valence-corrected chi connectivity index (χ4v) is 2.06. The number of aromatic nitrogens is 2. The second kappa shape index (κ2) is 6.13. The van der Waals surface area contributed by atoms with Gasteiger partial charge in [0, 0.05) is 11.8 Å². The van der Waals surface area contributed by atoms with Gasteiger partial charge in [-0.2, -0.15) is 5.10 Å². The third-order valence-electron chi connectivity index (χ3n) is 3.02. The third-order valence-corrected chi connectivity index (χ3v) is 3.02. The first-order valence-electron chi connectivity index (χ1n) is 6.88. The highest BCUT2D eigenvalue weighted by molar-refractivity contribution is 5.86. The summed E-state index contributed by atoms with van der Waals surface area (Å²) in [6.07, 6.45) is -0.553. The fourth-order valence-electron chi connectivity index (χ4n) is 2.06. The molecular weight excluding hydrogens is 278 g/mol. The first-order chi connectivity index (χ1) is 10.7. The Labute approximate surface area is 128 Å². The van der Waals surface area contributed by atoms with Gasteiger partial charge in [-0.1, -0.05) is 36.4 Å². The average Bonchev–Trinajstić information content (AvgIpc) is 2.89. The topological polar surface area (TPSA) is 56.1 Å². The maximum Gasteiger partial charge on any atom is 0.418 e. The van der Waals surface area contributed by atoms with Crippen molar-refractivity contribution < 1.29 is 9.53 Å². The molecule has 22 heavy (non-hydrogen) atoms. The molecule has 2 aromatic carbocycles. The molecule has 0 bridgehead atoms. The van der Waals surface area contributed by atoms with E-state index in [1.54, 1.807) is 22.9 Å². The maximum atomic E-state index is 12.0. The van der Waals surface area contributed by atoms with E-state index in [4.69, 9.17) is 4.74 Å². The van der Waals surface area contributed by atoms with Gasteiger partial charge in [-0.15, -0.1) is 0 Å². The molecule has 1 amide bonds. The monoisotopic (exact) mass is 293 g/mol. The molecule has 1 heterocycles. The van der Waals surface area contributed by atoms with Gasteiger partial charge in [-0.3, -0.25) is 5.32 Å². The van der Waals surface area contributed by atoms with E-state index >= 15 is 0 Å². The molecule has 0 aliphatic carbocycles. The van der Waals surface area contributed by atoms with Gasteiger partial charge in [0.25, 0.3) is 0 Å². The second-order valence-corrected chi connectivity index (χ2v) is 4.75. The lowest BCUT2D eigenvalue weighted by Crippen LogP contribution is -2.18. The van der Waals surface area contributed by atoms with Crippen molar-refractivity contribution in [3.63, 3.8) is 0 Å². The number of para-hydroxylation sites is 2. The third kappa shape index (κ3) is 3.15. The number of carbonyl (C=O) groups is 1. The number of anilines is 1. The van der Waals surface area contributed by atoms with Gasteiger partial charge in [0.05, 0.1) is 11.4 Å². The lowest BCUT2D eigenvalue weighted by molar-refractivity contribution is 0.212. The molecule has 0 aliphatic heterocycles. The summed E-state index contributed by atoms with van der Waals surface area (Å²) in [6.45, 7) is 1.85. The Morgan fingerprint density at radius 2 is 1.68 bits per heavy atom. The zero-order chi connectivity index (χ0) is 15.4. The summed E-state index contributed by atoms with van der Waals surface area (Å²) in [4.78, 5) is 12.0. The van der Waals surface area contributed by atoms with Gasteiger partial charge in [0.2, 0.25) is 5.88 Å². The minimum Gasteiger partial charge on any atom is -0.391 e. The lowest BCUT2D eigenvalue weighted by atomic mass is 10.3. The first-order valence-corrected chi connectivity index (χ1v) is 6.88. The molecule has 3 rings (SSSR count). The predicted molar refractivity (Wildman–Crippen MR) is 84.4 cm³/mol. The second-order valence-electron chi connectivity index (χ2n) is 4.75. The summed E-state index contributed by atoms with van der Waals surface area (Å²) in [5.41, 5.74) is 2.28. The molecule has 0 atom stereocenters. The summed E-state index contributed by atoms with van der Waals surface area (Å²) in [5.74, 6) is 0.372. The van der Waals surface area contributed by atoms with Crippen LogP contribution >= 0.6 is 0 Å². The van der Waals surface area contributed by atoms with Crippen LogP contribution in [0.25, 0.3) is 5.69 Å². The highest BCUT2D eigenvalue weighted by Gasteiger charge is 2.13. The Kier molecular flexibility index (Phi) is 3.87. The standard InChI is InChI=1S/C17H15N3O2/c1-13-12-16(20(19-13)15-10-6-3-7-11-15)22-17(21)18-14-8-4-2-5-9-14/h2-12H,1H3,(H,18,21). The van der Waals surface area contributed by atoms with Gasteiger partial charge in [-0.05, 0) is 31.2 Å². The van der Waals surface area contributed by atoms with Crippen molar-refractivity contribution in [2.45, 2.75) is 6.92 Å². The van der Waals surface area contributed by atoms with Crippen LogP contribution in [0.1, 0.15) is 5.69 Å². The number of hydrogen-bond donors (Lipinski definition) is 1. The van der Waals surface area contributed by atoms with E-state index in [2.05, 4.69) is 10.4 Å². The Balaban J connectivity index is 1.79. The van der Waals surface area contributed by atoms with Crippen LogP contribution in [-0.2, 0) is 0 Å². The molecule has 1 aromatic heterocycles. The van der Waals surface area contributed by atoms with Gasteiger partial charge < -0.3 is 4.74 Å². The number of nitrogens with one attached hydrogen (secondary N) is 1. The fraction of sp³-hybridized carbons (Fsp3) is 0.0588. The number of nitrogens with zero attached hydrogens (tertiary/aromatic N) is 2. The largest absolute Gasteiger partial charge is 0.418 e. The number of aryl methyl sites for hydroxylation is 1. The number of amides is 1. The van der Waals surface area contributed by atoms with Crippen LogP contribution in [0.5, 0.6) is 5.88 Å². The molecule has 1 N–H and O–H groups in total. The highest BCUT2D eigenvalue weighted by Crippen LogP contribution is 2.19. The Bertz CT molecular complexity index is 767. The minimum absolute atomic E-state index is 0.372. The molecule has 0 radical (unpaired) electrons. The maximum absolute atomic E-state index is 12.0. The van der Waals surface area contributed by atoms with Crippen molar-refractivity contribution in [3.05, 3.63) is 72.4 Å². The van der Waals surface area contributed by atoms with E-state index in [-0.39, 0.29) is 0 Å². The Morgan fingerprint density at radius 3 is 2.36 bits per heavy atom. The Hall–Kier alpha value is -3.08. The zero-order valence-electron chi connectivity index (χ0n) is 12.1. The number of carbonyl (C=O) groups excluding carboxylic acids is 1. The van der Waals surface area contributed by atoms with Gasteiger partial charge in [-0.25, -0.2) is 9.48 Å². The SMILES string of the molecule is Cc1cc(OC(=O)Nc2ccccc2)n(-c2ccccc2)n1.